The molecule has 0 radical (unpaired) electrons. The van der Waals surface area contributed by atoms with Crippen LogP contribution in [-0.4, -0.2) is 15.6 Å². The summed E-state index contributed by atoms with van der Waals surface area (Å²) in [4.78, 5) is 37.0. The number of carbonyl (C=O) groups is 1. The molecule has 2 heterocycles. The van der Waals surface area contributed by atoms with Gasteiger partial charge in [-0.15, -0.1) is 0 Å². The Kier molecular flexibility index (Phi) is 3.25. The first-order valence-electron chi connectivity index (χ1n) is 7.48. The van der Waals surface area contributed by atoms with Crippen LogP contribution >= 0.6 is 0 Å². The SMILES string of the molecule is O=C(O)c1cc2c(=O)c3ccccc3oc2n(-c2ccccc2)c1=O. The van der Waals surface area contributed by atoms with Crippen molar-refractivity contribution in [3.63, 3.8) is 0 Å². The number of rotatable bonds is 2. The molecule has 0 saturated carbocycles. The molecule has 0 amide bonds. The molecule has 0 aliphatic heterocycles. The van der Waals surface area contributed by atoms with Gasteiger partial charge in [-0.3, -0.25) is 9.59 Å². The molecule has 0 bridgehead atoms. The van der Waals surface area contributed by atoms with Crippen LogP contribution in [0, 0.1) is 0 Å². The molecular weight excluding hydrogens is 322 g/mol. The zero-order valence-electron chi connectivity index (χ0n) is 12.8. The van der Waals surface area contributed by atoms with E-state index in [-0.39, 0.29) is 16.5 Å². The van der Waals surface area contributed by atoms with Crippen molar-refractivity contribution >= 4 is 28.0 Å². The zero-order valence-corrected chi connectivity index (χ0v) is 12.8. The Hall–Kier alpha value is -3.67. The van der Waals surface area contributed by atoms with Gasteiger partial charge in [0.05, 0.1) is 16.5 Å². The number of aromatic carboxylic acids is 1. The van der Waals surface area contributed by atoms with Gasteiger partial charge in [-0.25, -0.2) is 9.36 Å². The first-order valence-corrected chi connectivity index (χ1v) is 7.48. The number of nitrogens with zero attached hydrogens (tertiary/aromatic N) is 1. The molecule has 6 heteroatoms. The van der Waals surface area contributed by atoms with E-state index in [2.05, 4.69) is 0 Å². The number of carboxylic acid groups (broad SMARTS) is 1. The van der Waals surface area contributed by atoms with E-state index in [9.17, 15) is 19.5 Å². The standard InChI is InChI=1S/C19H11NO5/c21-16-12-8-4-5-9-15(12)25-18-13(16)10-14(19(23)24)17(22)20(18)11-6-2-1-3-7-11/h1-10H,(H,23,24). The molecular formula is C19H11NO5. The monoisotopic (exact) mass is 333 g/mol. The molecule has 0 unspecified atom stereocenters. The molecule has 0 aliphatic carbocycles. The number of fused-ring (bicyclic) bond motifs is 2. The van der Waals surface area contributed by atoms with Crippen molar-refractivity contribution in [1.82, 2.24) is 4.57 Å². The summed E-state index contributed by atoms with van der Waals surface area (Å²) in [6, 6.07) is 16.2. The second-order valence-electron chi connectivity index (χ2n) is 5.49. The van der Waals surface area contributed by atoms with E-state index in [1.165, 1.54) is 0 Å². The first kappa shape index (κ1) is 14.9. The van der Waals surface area contributed by atoms with Crippen LogP contribution in [0.2, 0.25) is 0 Å². The molecule has 122 valence electrons. The maximum atomic E-state index is 12.8. The van der Waals surface area contributed by atoms with Gasteiger partial charge in [0.25, 0.3) is 5.56 Å². The molecule has 25 heavy (non-hydrogen) atoms. The summed E-state index contributed by atoms with van der Waals surface area (Å²) < 4.78 is 6.92. The number of aromatic nitrogens is 1. The predicted octanol–water partition coefficient (Wildman–Crippen LogP) is 2.80. The summed E-state index contributed by atoms with van der Waals surface area (Å²) in [6.07, 6.45) is 0. The lowest BCUT2D eigenvalue weighted by atomic mass is 10.1. The highest BCUT2D eigenvalue weighted by molar-refractivity contribution is 5.95. The molecule has 4 aromatic rings. The van der Waals surface area contributed by atoms with Crippen LogP contribution in [0.1, 0.15) is 10.4 Å². The second kappa shape index (κ2) is 5.45. The van der Waals surface area contributed by atoms with Crippen molar-refractivity contribution in [2.75, 3.05) is 0 Å². The Morgan fingerprint density at radius 1 is 0.920 bits per heavy atom. The van der Waals surface area contributed by atoms with Gasteiger partial charge in [0, 0.05) is 0 Å². The third-order valence-electron chi connectivity index (χ3n) is 3.98. The largest absolute Gasteiger partial charge is 0.477 e. The summed E-state index contributed by atoms with van der Waals surface area (Å²) in [5.74, 6) is -1.40. The minimum Gasteiger partial charge on any atom is -0.477 e. The highest BCUT2D eigenvalue weighted by atomic mass is 16.4. The van der Waals surface area contributed by atoms with Crippen molar-refractivity contribution < 1.29 is 14.3 Å². The number of para-hydroxylation sites is 2. The number of benzene rings is 2. The van der Waals surface area contributed by atoms with Crippen molar-refractivity contribution in [3.8, 4) is 5.69 Å². The molecule has 2 aromatic carbocycles. The molecule has 0 saturated heterocycles. The van der Waals surface area contributed by atoms with Crippen LogP contribution < -0.4 is 11.0 Å². The van der Waals surface area contributed by atoms with Crippen molar-refractivity contribution in [3.05, 3.63) is 86.8 Å². The topological polar surface area (TPSA) is 89.5 Å². The van der Waals surface area contributed by atoms with Crippen molar-refractivity contribution in [2.24, 2.45) is 0 Å². The Balaban J connectivity index is 2.29. The molecule has 0 fully saturated rings. The van der Waals surface area contributed by atoms with Gasteiger partial charge in [-0.1, -0.05) is 30.3 Å². The van der Waals surface area contributed by atoms with Gasteiger partial charge in [-0.05, 0) is 30.3 Å². The fourth-order valence-corrected chi connectivity index (χ4v) is 2.82. The Bertz CT molecular complexity index is 1250. The normalized spacial score (nSPS) is 11.0. The average molecular weight is 333 g/mol. The maximum absolute atomic E-state index is 12.8. The highest BCUT2D eigenvalue weighted by Crippen LogP contribution is 2.20. The molecule has 6 nitrogen and oxygen atoms in total. The Labute approximate surface area is 140 Å². The molecule has 0 spiro atoms. The summed E-state index contributed by atoms with van der Waals surface area (Å²) in [5, 5.41) is 9.72. The van der Waals surface area contributed by atoms with Gasteiger partial charge in [0.15, 0.2) is 0 Å². The fraction of sp³-hybridized carbons (Fsp3) is 0. The summed E-state index contributed by atoms with van der Waals surface area (Å²) >= 11 is 0. The van der Waals surface area contributed by atoms with Crippen LogP contribution in [0.15, 0.2) is 74.7 Å². The van der Waals surface area contributed by atoms with Crippen LogP contribution in [0.4, 0.5) is 0 Å². The lowest BCUT2D eigenvalue weighted by Gasteiger charge is -2.11. The molecule has 1 N–H and O–H groups in total. The number of hydrogen-bond donors (Lipinski definition) is 1. The minimum atomic E-state index is -1.40. The van der Waals surface area contributed by atoms with Crippen molar-refractivity contribution in [2.45, 2.75) is 0 Å². The van der Waals surface area contributed by atoms with E-state index in [0.717, 1.165) is 10.6 Å². The smallest absolute Gasteiger partial charge is 0.341 e. The second-order valence-corrected chi connectivity index (χ2v) is 5.49. The third kappa shape index (κ3) is 2.23. The fourth-order valence-electron chi connectivity index (χ4n) is 2.82. The van der Waals surface area contributed by atoms with Crippen LogP contribution in [0.5, 0.6) is 0 Å². The third-order valence-corrected chi connectivity index (χ3v) is 3.98. The van der Waals surface area contributed by atoms with Crippen molar-refractivity contribution in [1.29, 1.82) is 0 Å². The van der Waals surface area contributed by atoms with Gasteiger partial charge in [-0.2, -0.15) is 0 Å². The van der Waals surface area contributed by atoms with E-state index in [1.54, 1.807) is 54.6 Å². The van der Waals surface area contributed by atoms with E-state index >= 15 is 0 Å². The number of carboxylic acids is 1. The first-order chi connectivity index (χ1) is 12.1. The number of pyridine rings is 1. The van der Waals surface area contributed by atoms with Crippen LogP contribution in [-0.2, 0) is 0 Å². The number of hydrogen-bond acceptors (Lipinski definition) is 4. The molecule has 2 aromatic heterocycles. The highest BCUT2D eigenvalue weighted by Gasteiger charge is 2.20. The van der Waals surface area contributed by atoms with E-state index in [0.29, 0.717) is 16.7 Å². The quantitative estimate of drug-likeness (QED) is 0.570. The van der Waals surface area contributed by atoms with Gasteiger partial charge in [0.2, 0.25) is 11.1 Å². The molecule has 0 aliphatic rings. The lowest BCUT2D eigenvalue weighted by molar-refractivity contribution is 0.0695. The van der Waals surface area contributed by atoms with Gasteiger partial charge in [0.1, 0.15) is 11.1 Å². The maximum Gasteiger partial charge on any atom is 0.341 e. The zero-order chi connectivity index (χ0) is 17.6. The van der Waals surface area contributed by atoms with E-state index in [4.69, 9.17) is 4.42 Å². The van der Waals surface area contributed by atoms with Gasteiger partial charge >= 0.3 is 5.97 Å². The predicted molar refractivity (Wildman–Crippen MR) is 92.5 cm³/mol. The average Bonchev–Trinajstić information content (AvgIpc) is 2.62. The Morgan fingerprint density at radius 2 is 1.60 bits per heavy atom. The lowest BCUT2D eigenvalue weighted by Crippen LogP contribution is -2.26. The van der Waals surface area contributed by atoms with Crippen LogP contribution in [0.3, 0.4) is 0 Å². The molecule has 4 rings (SSSR count). The Morgan fingerprint density at radius 3 is 2.32 bits per heavy atom. The summed E-state index contributed by atoms with van der Waals surface area (Å²) in [7, 11) is 0. The summed E-state index contributed by atoms with van der Waals surface area (Å²) in [5.41, 5.74) is -0.872. The van der Waals surface area contributed by atoms with Crippen LogP contribution in [0.25, 0.3) is 27.8 Å². The van der Waals surface area contributed by atoms with E-state index < -0.39 is 17.1 Å². The van der Waals surface area contributed by atoms with E-state index in [1.807, 2.05) is 0 Å². The molecule has 0 atom stereocenters. The summed E-state index contributed by atoms with van der Waals surface area (Å²) in [6.45, 7) is 0. The van der Waals surface area contributed by atoms with Gasteiger partial charge < -0.3 is 9.52 Å². The minimum absolute atomic E-state index is 0.0184.